The zero-order valence-corrected chi connectivity index (χ0v) is 9.59. The summed E-state index contributed by atoms with van der Waals surface area (Å²) in [4.78, 5) is 4.91. The highest BCUT2D eigenvalue weighted by Crippen LogP contribution is 2.16. The fraction of sp³-hybridized carbons (Fsp3) is 0.818. The van der Waals surface area contributed by atoms with Crippen LogP contribution in [0.3, 0.4) is 0 Å². The lowest BCUT2D eigenvalue weighted by molar-refractivity contribution is 0.161. The van der Waals surface area contributed by atoms with Crippen molar-refractivity contribution in [2.45, 2.75) is 33.7 Å². The van der Waals surface area contributed by atoms with E-state index in [9.17, 15) is 0 Å². The second kappa shape index (κ2) is 4.14. The number of hydrogen-bond acceptors (Lipinski definition) is 2. The molecule has 1 heterocycles. The second-order valence-electron chi connectivity index (χ2n) is 4.43. The number of rotatable bonds is 1. The van der Waals surface area contributed by atoms with E-state index in [1.54, 1.807) is 0 Å². The molecule has 13 heavy (non-hydrogen) atoms. The Labute approximate surface area is 82.2 Å². The molecule has 0 aromatic heterocycles. The molecule has 0 aromatic carbocycles. The Hall–Kier alpha value is -0.500. The maximum Gasteiger partial charge on any atom is 0.0386 e. The predicted molar refractivity (Wildman–Crippen MR) is 57.7 cm³/mol. The Balaban J connectivity index is 2.70. The first kappa shape index (κ1) is 10.6. The van der Waals surface area contributed by atoms with E-state index >= 15 is 0 Å². The van der Waals surface area contributed by atoms with Crippen molar-refractivity contribution in [3.63, 3.8) is 0 Å². The molecule has 0 unspecified atom stereocenters. The van der Waals surface area contributed by atoms with E-state index in [1.165, 1.54) is 24.4 Å². The van der Waals surface area contributed by atoms with E-state index in [-0.39, 0.29) is 0 Å². The highest BCUT2D eigenvalue weighted by atomic mass is 15.3. The largest absolute Gasteiger partial charge is 0.376 e. The minimum Gasteiger partial charge on any atom is -0.376 e. The fourth-order valence-electron chi connectivity index (χ4n) is 1.79. The molecule has 1 aliphatic heterocycles. The van der Waals surface area contributed by atoms with Gasteiger partial charge in [0.1, 0.15) is 0 Å². The van der Waals surface area contributed by atoms with Crippen molar-refractivity contribution in [1.29, 1.82) is 0 Å². The first-order valence-electron chi connectivity index (χ1n) is 5.14. The average Bonchev–Trinajstić information content (AvgIpc) is 2.04. The molecule has 0 N–H and O–H groups in total. The van der Waals surface area contributed by atoms with Crippen LogP contribution in [0.1, 0.15) is 27.7 Å². The van der Waals surface area contributed by atoms with Crippen LogP contribution in [0.25, 0.3) is 0 Å². The van der Waals surface area contributed by atoms with Gasteiger partial charge in [0.15, 0.2) is 0 Å². The standard InChI is InChI=1S/C11H22N2/c1-9(2)11-8-13(10(3)4)7-6-12(11)5/h10H,6-8H2,1-5H3. The van der Waals surface area contributed by atoms with Gasteiger partial charge >= 0.3 is 0 Å². The topological polar surface area (TPSA) is 6.48 Å². The van der Waals surface area contributed by atoms with E-state index in [0.717, 1.165) is 6.54 Å². The Kier molecular flexibility index (Phi) is 3.37. The van der Waals surface area contributed by atoms with Gasteiger partial charge in [-0.3, -0.25) is 4.90 Å². The van der Waals surface area contributed by atoms with Gasteiger partial charge in [0.05, 0.1) is 0 Å². The van der Waals surface area contributed by atoms with Crippen LogP contribution in [-0.2, 0) is 0 Å². The first-order valence-corrected chi connectivity index (χ1v) is 5.14. The van der Waals surface area contributed by atoms with Crippen molar-refractivity contribution < 1.29 is 0 Å². The molecule has 2 nitrogen and oxygen atoms in total. The molecule has 76 valence electrons. The first-order chi connectivity index (χ1) is 6.02. The number of allylic oxidation sites excluding steroid dienone is 1. The minimum absolute atomic E-state index is 0.669. The van der Waals surface area contributed by atoms with Gasteiger partial charge in [-0.25, -0.2) is 0 Å². The van der Waals surface area contributed by atoms with E-state index in [1.807, 2.05) is 0 Å². The fourth-order valence-corrected chi connectivity index (χ4v) is 1.79. The van der Waals surface area contributed by atoms with Gasteiger partial charge in [-0.05, 0) is 27.7 Å². The van der Waals surface area contributed by atoms with Crippen LogP contribution in [0.15, 0.2) is 11.3 Å². The van der Waals surface area contributed by atoms with Crippen LogP contribution in [0, 0.1) is 0 Å². The average molecular weight is 182 g/mol. The number of piperazine rings is 1. The van der Waals surface area contributed by atoms with Crippen LogP contribution >= 0.6 is 0 Å². The van der Waals surface area contributed by atoms with Crippen molar-refractivity contribution in [2.75, 3.05) is 26.7 Å². The number of likely N-dealkylation sites (N-methyl/N-ethyl adjacent to an activating group) is 1. The van der Waals surface area contributed by atoms with Crippen LogP contribution in [0.5, 0.6) is 0 Å². The van der Waals surface area contributed by atoms with Gasteiger partial charge in [-0.15, -0.1) is 0 Å². The van der Waals surface area contributed by atoms with Crippen LogP contribution in [0.2, 0.25) is 0 Å². The summed E-state index contributed by atoms with van der Waals surface area (Å²) in [6.45, 7) is 12.4. The van der Waals surface area contributed by atoms with Crippen LogP contribution < -0.4 is 0 Å². The third-order valence-corrected chi connectivity index (χ3v) is 2.84. The molecular weight excluding hydrogens is 160 g/mol. The monoisotopic (exact) mass is 182 g/mol. The number of hydrogen-bond donors (Lipinski definition) is 0. The van der Waals surface area contributed by atoms with E-state index in [0.29, 0.717) is 6.04 Å². The van der Waals surface area contributed by atoms with Gasteiger partial charge in [0, 0.05) is 38.4 Å². The third kappa shape index (κ3) is 2.47. The van der Waals surface area contributed by atoms with Gasteiger partial charge in [-0.2, -0.15) is 0 Å². The lowest BCUT2D eigenvalue weighted by Crippen LogP contribution is -2.46. The van der Waals surface area contributed by atoms with E-state index in [4.69, 9.17) is 0 Å². The molecular formula is C11H22N2. The Morgan fingerprint density at radius 1 is 1.23 bits per heavy atom. The van der Waals surface area contributed by atoms with Crippen molar-refractivity contribution in [3.8, 4) is 0 Å². The normalized spacial score (nSPS) is 19.8. The molecule has 1 rings (SSSR count). The number of nitrogens with zero attached hydrogens (tertiary/aromatic N) is 2. The second-order valence-corrected chi connectivity index (χ2v) is 4.43. The molecule has 0 aliphatic carbocycles. The van der Waals surface area contributed by atoms with Crippen molar-refractivity contribution in [3.05, 3.63) is 11.3 Å². The SMILES string of the molecule is CC(C)=C1CN(C(C)C)CCN1C. The van der Waals surface area contributed by atoms with Crippen LogP contribution in [0.4, 0.5) is 0 Å². The van der Waals surface area contributed by atoms with Gasteiger partial charge < -0.3 is 4.90 Å². The smallest absolute Gasteiger partial charge is 0.0386 e. The highest BCUT2D eigenvalue weighted by molar-refractivity contribution is 5.12. The summed E-state index contributed by atoms with van der Waals surface area (Å²) in [5, 5.41) is 0. The summed E-state index contributed by atoms with van der Waals surface area (Å²) in [5.74, 6) is 0. The summed E-state index contributed by atoms with van der Waals surface area (Å²) in [6, 6.07) is 0.669. The molecule has 0 amide bonds. The zero-order valence-electron chi connectivity index (χ0n) is 9.59. The van der Waals surface area contributed by atoms with Crippen molar-refractivity contribution >= 4 is 0 Å². The lowest BCUT2D eigenvalue weighted by Gasteiger charge is -2.39. The Morgan fingerprint density at radius 2 is 1.85 bits per heavy atom. The third-order valence-electron chi connectivity index (χ3n) is 2.84. The molecule has 2 heteroatoms. The maximum atomic E-state index is 2.53. The van der Waals surface area contributed by atoms with E-state index in [2.05, 4.69) is 44.5 Å². The lowest BCUT2D eigenvalue weighted by atomic mass is 10.1. The summed E-state index contributed by atoms with van der Waals surface area (Å²) < 4.78 is 0. The Bertz CT molecular complexity index is 202. The predicted octanol–water partition coefficient (Wildman–Crippen LogP) is 1.94. The highest BCUT2D eigenvalue weighted by Gasteiger charge is 2.20. The van der Waals surface area contributed by atoms with Gasteiger partial charge in [0.25, 0.3) is 0 Å². The quantitative estimate of drug-likeness (QED) is 0.611. The molecule has 0 saturated carbocycles. The summed E-state index contributed by atoms with van der Waals surface area (Å²) >= 11 is 0. The van der Waals surface area contributed by atoms with Crippen molar-refractivity contribution in [2.24, 2.45) is 0 Å². The molecule has 0 aromatic rings. The molecule has 0 atom stereocenters. The summed E-state index contributed by atoms with van der Waals surface area (Å²) in [7, 11) is 2.19. The van der Waals surface area contributed by atoms with Crippen LogP contribution in [-0.4, -0.2) is 42.5 Å². The molecule has 0 radical (unpaired) electrons. The minimum atomic E-state index is 0.669. The Morgan fingerprint density at radius 3 is 2.31 bits per heavy atom. The molecule has 1 fully saturated rings. The molecule has 0 spiro atoms. The summed E-state index contributed by atoms with van der Waals surface area (Å²) in [6.07, 6.45) is 0. The van der Waals surface area contributed by atoms with Gasteiger partial charge in [0.2, 0.25) is 0 Å². The maximum absolute atomic E-state index is 2.53. The van der Waals surface area contributed by atoms with E-state index < -0.39 is 0 Å². The summed E-state index contributed by atoms with van der Waals surface area (Å²) in [5.41, 5.74) is 2.95. The molecule has 1 aliphatic rings. The zero-order chi connectivity index (χ0) is 10.0. The van der Waals surface area contributed by atoms with Gasteiger partial charge in [-0.1, -0.05) is 5.57 Å². The molecule has 0 bridgehead atoms. The molecule has 1 saturated heterocycles. The van der Waals surface area contributed by atoms with Crippen molar-refractivity contribution in [1.82, 2.24) is 9.80 Å².